The number of para-hydroxylation sites is 1. The molecular weight excluding hydrogens is 350 g/mol. The molecule has 4 nitrogen and oxygen atoms in total. The number of benzene rings is 1. The second kappa shape index (κ2) is 6.61. The van der Waals surface area contributed by atoms with Crippen molar-refractivity contribution < 1.29 is 4.79 Å². The zero-order valence-electron chi connectivity index (χ0n) is 13.9. The van der Waals surface area contributed by atoms with Gasteiger partial charge in [0.05, 0.1) is 11.6 Å². The normalized spacial score (nSPS) is 20.4. The summed E-state index contributed by atoms with van der Waals surface area (Å²) in [4.78, 5) is 15.2. The van der Waals surface area contributed by atoms with Gasteiger partial charge in [0, 0.05) is 17.4 Å². The van der Waals surface area contributed by atoms with Crippen molar-refractivity contribution in [3.8, 4) is 0 Å². The fraction of sp³-hybridized carbons (Fsp3) is 0.263. The first-order valence-corrected chi connectivity index (χ1v) is 9.69. The van der Waals surface area contributed by atoms with Crippen molar-refractivity contribution in [1.29, 1.82) is 0 Å². The number of hydrogen-bond acceptors (Lipinski definition) is 3. The van der Waals surface area contributed by atoms with Crippen molar-refractivity contribution in [3.05, 3.63) is 64.0 Å². The molecule has 128 valence electrons. The van der Waals surface area contributed by atoms with Gasteiger partial charge in [-0.15, -0.1) is 0 Å². The smallest absolute Gasteiger partial charge is 0.255 e. The summed E-state index contributed by atoms with van der Waals surface area (Å²) in [7, 11) is 0. The molecule has 1 aliphatic carbocycles. The molecule has 2 N–H and O–H groups in total. The fourth-order valence-electron chi connectivity index (χ4n) is 3.23. The van der Waals surface area contributed by atoms with E-state index in [9.17, 15) is 4.79 Å². The minimum atomic E-state index is -0.211. The van der Waals surface area contributed by atoms with Gasteiger partial charge in [-0.25, -0.2) is 0 Å². The van der Waals surface area contributed by atoms with Crippen molar-refractivity contribution in [1.82, 2.24) is 10.2 Å². The fourth-order valence-corrected chi connectivity index (χ4v) is 4.32. The van der Waals surface area contributed by atoms with Crippen LogP contribution in [0.5, 0.6) is 0 Å². The minimum Gasteiger partial charge on any atom is -0.351 e. The van der Waals surface area contributed by atoms with E-state index in [0.717, 1.165) is 35.4 Å². The molecule has 2 aliphatic rings. The molecule has 1 amide bonds. The number of nitrogens with zero attached hydrogens (tertiary/aromatic N) is 1. The first kappa shape index (κ1) is 16.3. The Hall–Kier alpha value is -2.18. The molecule has 0 bridgehead atoms. The summed E-state index contributed by atoms with van der Waals surface area (Å²) in [5.74, 6) is -0.0828. The second-order valence-corrected chi connectivity index (χ2v) is 7.53. The highest BCUT2D eigenvalue weighted by molar-refractivity contribution is 7.80. The number of rotatable bonds is 4. The maximum absolute atomic E-state index is 13.1. The number of hydrogen-bond donors (Lipinski definition) is 2. The zero-order valence-corrected chi connectivity index (χ0v) is 15.5. The number of thiocarbonyl (C=S) groups is 1. The lowest BCUT2D eigenvalue weighted by Gasteiger charge is -2.37. The monoisotopic (exact) mass is 369 g/mol. The zero-order chi connectivity index (χ0) is 17.4. The molecule has 2 heterocycles. The standard InChI is InChI=1S/C19H19N3OS2/c1-12-16(18(23)20-14-5-3-2-4-6-14)17(13-9-10-25-11-13)21-19(24)22(12)15-7-8-15/h2-6,9-11,15,17H,7-8H2,1H3,(H,20,23)(H,21,24)/t17-/m1/s1. The Morgan fingerprint density at radius 2 is 2.04 bits per heavy atom. The third-order valence-corrected chi connectivity index (χ3v) is 5.61. The largest absolute Gasteiger partial charge is 0.351 e. The van der Waals surface area contributed by atoms with Gasteiger partial charge in [0.2, 0.25) is 0 Å². The van der Waals surface area contributed by atoms with Crippen LogP contribution in [0.25, 0.3) is 0 Å². The molecule has 1 aromatic carbocycles. The van der Waals surface area contributed by atoms with Crippen molar-refractivity contribution in [3.63, 3.8) is 0 Å². The molecule has 1 fully saturated rings. The molecule has 0 saturated heterocycles. The van der Waals surface area contributed by atoms with Crippen molar-refractivity contribution in [2.24, 2.45) is 0 Å². The number of amides is 1. The van der Waals surface area contributed by atoms with E-state index < -0.39 is 0 Å². The van der Waals surface area contributed by atoms with Crippen LogP contribution in [-0.2, 0) is 4.79 Å². The van der Waals surface area contributed by atoms with Gasteiger partial charge in [0.15, 0.2) is 5.11 Å². The van der Waals surface area contributed by atoms with Crippen molar-refractivity contribution in [2.45, 2.75) is 31.8 Å². The second-order valence-electron chi connectivity index (χ2n) is 6.36. The van der Waals surface area contributed by atoms with Crippen molar-refractivity contribution >= 4 is 40.3 Å². The number of nitrogens with one attached hydrogen (secondary N) is 2. The van der Waals surface area contributed by atoms with Crippen molar-refractivity contribution in [2.75, 3.05) is 5.32 Å². The molecular formula is C19H19N3OS2. The van der Waals surface area contributed by atoms with Crippen LogP contribution in [0.15, 0.2) is 58.4 Å². The highest BCUT2D eigenvalue weighted by atomic mass is 32.1. The van der Waals surface area contributed by atoms with Crippen LogP contribution in [-0.4, -0.2) is 22.0 Å². The SMILES string of the molecule is CC1=C(C(=O)Nc2ccccc2)[C@@H](c2ccsc2)NC(=S)N1C1CC1. The summed E-state index contributed by atoms with van der Waals surface area (Å²) in [6.45, 7) is 2.00. The molecule has 4 rings (SSSR count). The average Bonchev–Trinajstić information content (AvgIpc) is 3.27. The van der Waals surface area contributed by atoms with E-state index in [1.54, 1.807) is 11.3 Å². The van der Waals surface area contributed by atoms with E-state index in [1.807, 2.05) is 48.7 Å². The van der Waals surface area contributed by atoms with E-state index in [2.05, 4.69) is 20.9 Å². The minimum absolute atomic E-state index is 0.0828. The van der Waals surface area contributed by atoms with Crippen LogP contribution in [0.3, 0.4) is 0 Å². The van der Waals surface area contributed by atoms with E-state index in [-0.39, 0.29) is 11.9 Å². The number of carbonyl (C=O) groups excluding carboxylic acids is 1. The summed E-state index contributed by atoms with van der Waals surface area (Å²) in [6, 6.07) is 11.8. The Morgan fingerprint density at radius 1 is 1.28 bits per heavy atom. The summed E-state index contributed by atoms with van der Waals surface area (Å²) < 4.78 is 0. The molecule has 0 spiro atoms. The Morgan fingerprint density at radius 3 is 2.68 bits per heavy atom. The molecule has 1 aromatic heterocycles. The van der Waals surface area contributed by atoms with Crippen LogP contribution < -0.4 is 10.6 Å². The molecule has 6 heteroatoms. The van der Waals surface area contributed by atoms with Gasteiger partial charge < -0.3 is 15.5 Å². The van der Waals surface area contributed by atoms with Crippen LogP contribution >= 0.6 is 23.6 Å². The third-order valence-electron chi connectivity index (χ3n) is 4.59. The van der Waals surface area contributed by atoms with Gasteiger partial charge in [-0.1, -0.05) is 18.2 Å². The van der Waals surface area contributed by atoms with Crippen LogP contribution in [0.2, 0.25) is 0 Å². The Bertz CT molecular complexity index is 826. The number of carbonyl (C=O) groups is 1. The Balaban J connectivity index is 1.72. The lowest BCUT2D eigenvalue weighted by molar-refractivity contribution is -0.113. The highest BCUT2D eigenvalue weighted by Gasteiger charge is 2.40. The Labute approximate surface area is 156 Å². The maximum atomic E-state index is 13.1. The summed E-state index contributed by atoms with van der Waals surface area (Å²) in [5, 5.41) is 11.2. The summed E-state index contributed by atoms with van der Waals surface area (Å²) in [6.07, 6.45) is 2.24. The number of thiophene rings is 1. The molecule has 1 aliphatic heterocycles. The van der Waals surface area contributed by atoms with Gasteiger partial charge in [-0.3, -0.25) is 4.79 Å². The Kier molecular flexibility index (Phi) is 4.31. The van der Waals surface area contributed by atoms with E-state index in [1.165, 1.54) is 0 Å². The maximum Gasteiger partial charge on any atom is 0.255 e. The molecule has 2 aromatic rings. The lowest BCUT2D eigenvalue weighted by atomic mass is 9.96. The van der Waals surface area contributed by atoms with E-state index in [0.29, 0.717) is 11.2 Å². The summed E-state index contributed by atoms with van der Waals surface area (Å²) >= 11 is 7.21. The van der Waals surface area contributed by atoms with E-state index in [4.69, 9.17) is 12.2 Å². The number of anilines is 1. The molecule has 25 heavy (non-hydrogen) atoms. The quantitative estimate of drug-likeness (QED) is 0.798. The van der Waals surface area contributed by atoms with E-state index >= 15 is 0 Å². The summed E-state index contributed by atoms with van der Waals surface area (Å²) in [5.41, 5.74) is 3.56. The first-order chi connectivity index (χ1) is 12.1. The lowest BCUT2D eigenvalue weighted by Crippen LogP contribution is -2.49. The first-order valence-electron chi connectivity index (χ1n) is 8.34. The predicted molar refractivity (Wildman–Crippen MR) is 105 cm³/mol. The third kappa shape index (κ3) is 3.19. The topological polar surface area (TPSA) is 44.4 Å². The molecule has 1 saturated carbocycles. The van der Waals surface area contributed by atoms with Gasteiger partial charge in [0.25, 0.3) is 5.91 Å². The predicted octanol–water partition coefficient (Wildman–Crippen LogP) is 4.05. The van der Waals surface area contributed by atoms with Gasteiger partial charge in [-0.05, 0) is 66.5 Å². The molecule has 0 unspecified atom stereocenters. The van der Waals surface area contributed by atoms with Gasteiger partial charge in [0.1, 0.15) is 0 Å². The van der Waals surface area contributed by atoms with Crippen LogP contribution in [0.1, 0.15) is 31.4 Å². The molecule has 1 atom stereocenters. The molecule has 0 radical (unpaired) electrons. The average molecular weight is 370 g/mol. The van der Waals surface area contributed by atoms with Crippen LogP contribution in [0.4, 0.5) is 5.69 Å². The highest BCUT2D eigenvalue weighted by Crippen LogP contribution is 2.38. The van der Waals surface area contributed by atoms with Gasteiger partial charge in [-0.2, -0.15) is 11.3 Å². The van der Waals surface area contributed by atoms with Crippen LogP contribution in [0, 0.1) is 0 Å². The van der Waals surface area contributed by atoms with Gasteiger partial charge >= 0.3 is 0 Å². The number of allylic oxidation sites excluding steroid dienone is 1.